The van der Waals surface area contributed by atoms with Crippen LogP contribution in [0.5, 0.6) is 28.7 Å². The lowest BCUT2D eigenvalue weighted by Crippen LogP contribution is -2.15. The van der Waals surface area contributed by atoms with E-state index in [9.17, 15) is 0 Å². The Labute approximate surface area is 552 Å². The van der Waals surface area contributed by atoms with E-state index in [0.717, 1.165) is 35.2 Å². The van der Waals surface area contributed by atoms with Gasteiger partial charge in [-0.25, -0.2) is 0 Å². The average Bonchev–Trinajstić information content (AvgIpc) is 2.26. The second-order valence-electron chi connectivity index (χ2n) is 20.5. The van der Waals surface area contributed by atoms with Gasteiger partial charge in [0.1, 0.15) is 48.0 Å². The summed E-state index contributed by atoms with van der Waals surface area (Å²) in [5, 5.41) is 2.72. The maximum absolute atomic E-state index is 6.13. The average molecular weight is 1510 g/mol. The number of ether oxygens (including phenoxy) is 4. The summed E-state index contributed by atoms with van der Waals surface area (Å²) in [4.78, 5) is 9.26. The molecule has 2 aliphatic rings. The molecule has 0 bridgehead atoms. The molecule has 0 saturated carbocycles. The molecule has 3 heterocycles. The molecule has 0 aliphatic carbocycles. The highest BCUT2D eigenvalue weighted by atomic mass is 127. The Hall–Kier alpha value is -7.05. The highest BCUT2D eigenvalue weighted by molar-refractivity contribution is 14.1. The molecule has 12 aromatic carbocycles. The standard InChI is InChI=1S/C26H20IOS.C25H18IO2S.C25H18IOS/c27-22-11-9-19(10-12-22)18-28-23-13-15-24(16-14-23)29-25-7-3-1-5-20(25)17-21-6-2-4-8-26(21)29;26-19-11-9-18(10-12-19)17-27-20-13-15-21(16-14-20)29-24-7-3-1-5-22(24)28-23-6-2-4-8-25(23)29;26-19-11-9-18(10-12-19)17-27-20-13-15-21(16-14-20)28-24-7-3-1-5-22(24)23-6-2-4-8-25(23)28/h1-16H,17-18H2;1-16H,17H2;1-16H,17H2/q3*+1. The van der Waals surface area contributed by atoms with Crippen LogP contribution in [0.4, 0.5) is 0 Å². The van der Waals surface area contributed by atoms with E-state index >= 15 is 0 Å². The third-order valence-electron chi connectivity index (χ3n) is 14.8. The van der Waals surface area contributed by atoms with Gasteiger partial charge in [0.2, 0.25) is 9.79 Å². The van der Waals surface area contributed by atoms with E-state index in [1.54, 1.807) is 0 Å². The van der Waals surface area contributed by atoms with E-state index in [4.69, 9.17) is 18.9 Å². The molecule has 4 nitrogen and oxygen atoms in total. The number of rotatable bonds is 12. The first-order chi connectivity index (χ1) is 42.3. The van der Waals surface area contributed by atoms with Gasteiger partial charge in [0, 0.05) is 61.6 Å². The van der Waals surface area contributed by atoms with Crippen molar-refractivity contribution in [3.63, 3.8) is 0 Å². The Morgan fingerprint density at radius 3 is 1.01 bits per heavy atom. The molecule has 0 radical (unpaired) electrons. The van der Waals surface area contributed by atoms with E-state index in [0.29, 0.717) is 19.8 Å². The zero-order chi connectivity index (χ0) is 58.2. The number of benzene rings is 12. The first kappa shape index (κ1) is 58.0. The number of thiophene rings is 1. The summed E-state index contributed by atoms with van der Waals surface area (Å²) in [6.07, 6.45) is 1.02. The van der Waals surface area contributed by atoms with Crippen molar-refractivity contribution in [2.24, 2.45) is 0 Å². The van der Waals surface area contributed by atoms with E-state index in [1.165, 1.54) is 93.0 Å². The fraction of sp³-hybridized carbons (Fsp3) is 0.0526. The van der Waals surface area contributed by atoms with Crippen molar-refractivity contribution in [3.05, 3.63) is 330 Å². The van der Waals surface area contributed by atoms with Crippen LogP contribution in [0.2, 0.25) is 0 Å². The third kappa shape index (κ3) is 13.4. The number of halogens is 3. The Morgan fingerprint density at radius 1 is 0.302 bits per heavy atom. The number of para-hydroxylation sites is 2. The highest BCUT2D eigenvalue weighted by Crippen LogP contribution is 2.49. The van der Waals surface area contributed by atoms with Gasteiger partial charge in [-0.2, -0.15) is 0 Å². The zero-order valence-corrected chi connectivity index (χ0v) is 55.5. The van der Waals surface area contributed by atoms with E-state index in [2.05, 4.69) is 335 Å². The molecule has 0 N–H and O–H groups in total. The van der Waals surface area contributed by atoms with E-state index in [1.807, 2.05) is 24.3 Å². The van der Waals surface area contributed by atoms with Crippen LogP contribution in [0.25, 0.3) is 25.1 Å². The van der Waals surface area contributed by atoms with Gasteiger partial charge in [0.15, 0.2) is 45.4 Å². The molecule has 0 saturated heterocycles. The monoisotopic (exact) mass is 1510 g/mol. The van der Waals surface area contributed by atoms with Crippen LogP contribution < -0.4 is 18.9 Å². The highest BCUT2D eigenvalue weighted by Gasteiger charge is 2.39. The molecule has 0 amide bonds. The molecular weight excluding hydrogens is 1450 g/mol. The Kier molecular flexibility index (Phi) is 18.4. The number of hydrogen-bond donors (Lipinski definition) is 0. The van der Waals surface area contributed by atoms with Crippen molar-refractivity contribution in [2.45, 2.75) is 55.6 Å². The van der Waals surface area contributed by atoms with Crippen molar-refractivity contribution >= 4 is 120 Å². The summed E-state index contributed by atoms with van der Waals surface area (Å²) in [5.41, 5.74) is 6.42. The van der Waals surface area contributed by atoms with Crippen molar-refractivity contribution < 1.29 is 18.9 Å². The molecule has 2 aliphatic heterocycles. The Bertz CT molecular complexity index is 4110. The minimum Gasteiger partial charge on any atom is -0.489 e. The van der Waals surface area contributed by atoms with Crippen molar-refractivity contribution in [2.75, 3.05) is 0 Å². The predicted octanol–water partition coefficient (Wildman–Crippen LogP) is 21.9. The van der Waals surface area contributed by atoms with Crippen LogP contribution >= 0.6 is 78.2 Å². The minimum absolute atomic E-state index is 0.0478. The van der Waals surface area contributed by atoms with Gasteiger partial charge >= 0.3 is 0 Å². The Morgan fingerprint density at radius 2 is 0.616 bits per heavy atom. The first-order valence-electron chi connectivity index (χ1n) is 28.2. The molecule has 1 aromatic heterocycles. The largest absolute Gasteiger partial charge is 0.489 e. The van der Waals surface area contributed by atoms with Gasteiger partial charge in [0.25, 0.3) is 0 Å². The number of hydrogen-bond acceptors (Lipinski definition) is 4. The molecule has 0 fully saturated rings. The molecular formula is C76H56I3O4S3+3. The molecule has 420 valence electrons. The van der Waals surface area contributed by atoms with Crippen molar-refractivity contribution in [1.29, 1.82) is 0 Å². The van der Waals surface area contributed by atoms with Crippen LogP contribution in [-0.4, -0.2) is 0 Å². The topological polar surface area (TPSA) is 36.9 Å². The maximum atomic E-state index is 6.13. The van der Waals surface area contributed by atoms with Crippen LogP contribution in [0.3, 0.4) is 0 Å². The van der Waals surface area contributed by atoms with Gasteiger partial charge in [-0.1, -0.05) is 121 Å². The second kappa shape index (κ2) is 27.3. The lowest BCUT2D eigenvalue weighted by Gasteiger charge is -2.19. The smallest absolute Gasteiger partial charge is 0.209 e. The van der Waals surface area contributed by atoms with Gasteiger partial charge in [-0.3, -0.25) is 0 Å². The molecule has 0 atom stereocenters. The number of fused-ring (bicyclic) bond motifs is 7. The molecule has 86 heavy (non-hydrogen) atoms. The first-order valence-corrected chi connectivity index (χ1v) is 35.1. The molecule has 10 heteroatoms. The van der Waals surface area contributed by atoms with Crippen LogP contribution in [-0.2, 0) is 48.0 Å². The predicted molar refractivity (Wildman–Crippen MR) is 382 cm³/mol. The second-order valence-corrected chi connectivity index (χ2v) is 30.1. The fourth-order valence-electron chi connectivity index (χ4n) is 10.5. The van der Waals surface area contributed by atoms with Crippen LogP contribution in [0.15, 0.2) is 321 Å². The summed E-state index contributed by atoms with van der Waals surface area (Å²) < 4.78 is 30.7. The normalized spacial score (nSPS) is 12.2. The summed E-state index contributed by atoms with van der Waals surface area (Å²) in [5.74, 6) is 4.58. The van der Waals surface area contributed by atoms with Gasteiger partial charge in [-0.05, 0) is 242 Å². The summed E-state index contributed by atoms with van der Waals surface area (Å²) in [7, 11) is -0.303. The summed E-state index contributed by atoms with van der Waals surface area (Å²) >= 11 is 6.95. The van der Waals surface area contributed by atoms with Crippen molar-refractivity contribution in [1.82, 2.24) is 0 Å². The van der Waals surface area contributed by atoms with E-state index < -0.39 is 0 Å². The molecule has 0 spiro atoms. The molecule has 0 unspecified atom stereocenters. The Balaban J connectivity index is 0.000000120. The van der Waals surface area contributed by atoms with E-state index in [-0.39, 0.29) is 32.3 Å². The lowest BCUT2D eigenvalue weighted by molar-refractivity contribution is 0.306. The minimum atomic E-state index is -0.190. The van der Waals surface area contributed by atoms with Gasteiger partial charge < -0.3 is 18.9 Å². The molecule has 15 rings (SSSR count). The maximum Gasteiger partial charge on any atom is 0.209 e. The molecule has 13 aromatic rings. The SMILES string of the molecule is Ic1ccc(COc2ccc(-[s+]3c4ccccc4c4ccccc43)cc2)cc1.Ic1ccc(COc2ccc([S+]3c4ccccc4Cc4ccccc43)cc2)cc1.Ic1ccc(COc2ccc([S+]3c4ccccc4Oc4ccccc43)cc2)cc1. The summed E-state index contributed by atoms with van der Waals surface area (Å²) in [6, 6.07) is 103. The third-order valence-corrected chi connectivity index (χ3v) is 24.0. The van der Waals surface area contributed by atoms with Gasteiger partial charge in [-0.15, -0.1) is 0 Å². The van der Waals surface area contributed by atoms with Crippen LogP contribution in [0.1, 0.15) is 27.8 Å². The lowest BCUT2D eigenvalue weighted by atomic mass is 10.0. The van der Waals surface area contributed by atoms with Crippen molar-refractivity contribution in [3.8, 4) is 33.6 Å². The zero-order valence-electron chi connectivity index (χ0n) is 46.5. The van der Waals surface area contributed by atoms with Crippen LogP contribution in [0, 0.1) is 10.7 Å². The quantitative estimate of drug-likeness (QED) is 0.0902. The fourth-order valence-corrected chi connectivity index (χ4v) is 18.6. The summed E-state index contributed by atoms with van der Waals surface area (Å²) in [6.45, 7) is 1.75. The van der Waals surface area contributed by atoms with Gasteiger partial charge in [0.05, 0.1) is 10.9 Å².